The lowest BCUT2D eigenvalue weighted by Crippen LogP contribution is -2.27. The molecule has 1 heterocycles. The molecule has 5 rings (SSSR count). The molecule has 188 valence electrons. The van der Waals surface area contributed by atoms with Crippen molar-refractivity contribution >= 4 is 35.0 Å². The number of benzene rings is 3. The maximum absolute atomic E-state index is 13.1. The Labute approximate surface area is 219 Å². The quantitative estimate of drug-likeness (QED) is 0.275. The Balaban J connectivity index is 1.49. The highest BCUT2D eigenvalue weighted by Gasteiger charge is 2.51. The molecule has 1 aliphatic carbocycles. The molecule has 1 fully saturated rings. The number of aryl methyl sites for hydroxylation is 1. The highest BCUT2D eigenvalue weighted by atomic mass is 35.5. The molecule has 4 aromatic rings. The summed E-state index contributed by atoms with van der Waals surface area (Å²) in [5.74, 6) is -0.327. The van der Waals surface area contributed by atoms with Gasteiger partial charge < -0.3 is 14.4 Å². The van der Waals surface area contributed by atoms with Crippen LogP contribution in [0.4, 0.5) is 16.2 Å². The first kappa shape index (κ1) is 24.6. The number of carbonyl (C=O) groups excluding carboxylic acids is 1. The molecule has 0 unspecified atom stereocenters. The van der Waals surface area contributed by atoms with Gasteiger partial charge >= 0.3 is 12.1 Å². The van der Waals surface area contributed by atoms with Crippen molar-refractivity contribution in [3.63, 3.8) is 0 Å². The number of carbonyl (C=O) groups is 2. The van der Waals surface area contributed by atoms with Gasteiger partial charge in [0, 0.05) is 5.56 Å². The predicted molar refractivity (Wildman–Crippen MR) is 141 cm³/mol. The predicted octanol–water partition coefficient (Wildman–Crippen LogP) is 7.38. The van der Waals surface area contributed by atoms with Gasteiger partial charge in [0.1, 0.15) is 11.4 Å². The Bertz CT molecular complexity index is 1460. The van der Waals surface area contributed by atoms with Gasteiger partial charge in [-0.05, 0) is 55.5 Å². The third-order valence-corrected chi connectivity index (χ3v) is 7.01. The molecular formula is C29H25ClN2O5. The van der Waals surface area contributed by atoms with Crippen LogP contribution in [0.2, 0.25) is 5.02 Å². The first-order valence-corrected chi connectivity index (χ1v) is 12.4. The normalized spacial score (nSPS) is 13.7. The number of nitrogens with zero attached hydrogens (tertiary/aromatic N) is 2. The first-order valence-electron chi connectivity index (χ1n) is 12.0. The minimum Gasteiger partial charge on any atom is -0.481 e. The fourth-order valence-corrected chi connectivity index (χ4v) is 4.72. The fraction of sp³-hybridized carbons (Fsp3) is 0.207. The van der Waals surface area contributed by atoms with E-state index in [9.17, 15) is 14.7 Å². The first-order chi connectivity index (χ1) is 17.9. The lowest BCUT2D eigenvalue weighted by Gasteiger charge is -2.23. The van der Waals surface area contributed by atoms with Crippen LogP contribution in [-0.4, -0.2) is 28.9 Å². The summed E-state index contributed by atoms with van der Waals surface area (Å²) < 4.78 is 10.9. The van der Waals surface area contributed by atoms with E-state index in [0.717, 1.165) is 22.3 Å². The lowest BCUT2D eigenvalue weighted by molar-refractivity contribution is -0.140. The Morgan fingerprint density at radius 3 is 2.16 bits per heavy atom. The van der Waals surface area contributed by atoms with Crippen LogP contribution in [0.15, 0.2) is 77.3 Å². The monoisotopic (exact) mass is 516 g/mol. The van der Waals surface area contributed by atoms with E-state index in [1.54, 1.807) is 38.1 Å². The molecule has 0 aliphatic heterocycles. The number of anilines is 2. The van der Waals surface area contributed by atoms with Gasteiger partial charge in [0.25, 0.3) is 0 Å². The maximum Gasteiger partial charge on any atom is 0.419 e. The van der Waals surface area contributed by atoms with E-state index in [2.05, 4.69) is 5.16 Å². The highest BCUT2D eigenvalue weighted by molar-refractivity contribution is 6.34. The van der Waals surface area contributed by atoms with Gasteiger partial charge in [0.15, 0.2) is 5.76 Å². The molecular weight excluding hydrogens is 492 g/mol. The van der Waals surface area contributed by atoms with Crippen LogP contribution in [0, 0.1) is 6.92 Å². The van der Waals surface area contributed by atoms with Crippen LogP contribution >= 0.6 is 11.6 Å². The van der Waals surface area contributed by atoms with Gasteiger partial charge in [-0.15, -0.1) is 0 Å². The van der Waals surface area contributed by atoms with Crippen molar-refractivity contribution in [1.82, 2.24) is 5.16 Å². The number of amides is 1. The molecule has 1 amide bonds. The van der Waals surface area contributed by atoms with E-state index in [1.165, 1.54) is 4.90 Å². The zero-order valence-corrected chi connectivity index (χ0v) is 21.2. The summed E-state index contributed by atoms with van der Waals surface area (Å²) in [5.41, 5.74) is 4.18. The average molecular weight is 517 g/mol. The molecule has 0 bridgehead atoms. The SMILES string of the molecule is CCOC(=O)N(c1ccccc1Cl)c1c(-c2ccc(-c3ccc(C4(C(=O)O)CC4)cc3)cc2)noc1C. The third-order valence-electron chi connectivity index (χ3n) is 6.69. The molecule has 1 aliphatic rings. The summed E-state index contributed by atoms with van der Waals surface area (Å²) in [5, 5.41) is 14.2. The number of carboxylic acid groups (broad SMARTS) is 1. The molecule has 8 heteroatoms. The van der Waals surface area contributed by atoms with Gasteiger partial charge in [-0.1, -0.05) is 77.4 Å². The molecule has 37 heavy (non-hydrogen) atoms. The molecule has 3 aromatic carbocycles. The van der Waals surface area contributed by atoms with E-state index in [4.69, 9.17) is 20.9 Å². The van der Waals surface area contributed by atoms with Crippen LogP contribution in [-0.2, 0) is 14.9 Å². The summed E-state index contributed by atoms with van der Waals surface area (Å²) in [4.78, 5) is 26.1. The minimum atomic E-state index is -0.767. The largest absolute Gasteiger partial charge is 0.481 e. The van der Waals surface area contributed by atoms with Gasteiger partial charge in [-0.3, -0.25) is 4.79 Å². The van der Waals surface area contributed by atoms with Crippen LogP contribution in [0.25, 0.3) is 22.4 Å². The second-order valence-electron chi connectivity index (χ2n) is 8.96. The summed E-state index contributed by atoms with van der Waals surface area (Å²) >= 11 is 6.45. The number of halogens is 1. The maximum atomic E-state index is 13.1. The third kappa shape index (κ3) is 4.47. The van der Waals surface area contributed by atoms with Gasteiger partial charge in [-0.2, -0.15) is 0 Å². The Hall–Kier alpha value is -4.10. The Morgan fingerprint density at radius 2 is 1.59 bits per heavy atom. The van der Waals surface area contributed by atoms with Crippen molar-refractivity contribution in [3.8, 4) is 22.4 Å². The van der Waals surface area contributed by atoms with Crippen molar-refractivity contribution in [2.24, 2.45) is 0 Å². The molecule has 0 radical (unpaired) electrons. The Morgan fingerprint density at radius 1 is 1.00 bits per heavy atom. The zero-order chi connectivity index (χ0) is 26.2. The number of hydrogen-bond acceptors (Lipinski definition) is 5. The topological polar surface area (TPSA) is 92.9 Å². The highest BCUT2D eigenvalue weighted by Crippen LogP contribution is 2.48. The van der Waals surface area contributed by atoms with E-state index in [-0.39, 0.29) is 6.61 Å². The van der Waals surface area contributed by atoms with Crippen LogP contribution in [0.1, 0.15) is 31.1 Å². The molecule has 0 saturated heterocycles. The van der Waals surface area contributed by atoms with Crippen molar-refractivity contribution in [1.29, 1.82) is 0 Å². The van der Waals surface area contributed by atoms with Crippen molar-refractivity contribution < 1.29 is 24.0 Å². The number of carboxylic acids is 1. The average Bonchev–Trinajstić information content (AvgIpc) is 3.64. The molecule has 1 aromatic heterocycles. The van der Waals surface area contributed by atoms with Crippen LogP contribution < -0.4 is 4.90 Å². The van der Waals surface area contributed by atoms with Crippen LogP contribution in [0.5, 0.6) is 0 Å². The smallest absolute Gasteiger partial charge is 0.419 e. The minimum absolute atomic E-state index is 0.195. The van der Waals surface area contributed by atoms with Crippen molar-refractivity contribution in [3.05, 3.63) is 89.1 Å². The summed E-state index contributed by atoms with van der Waals surface area (Å²) in [6.07, 6.45) is 0.759. The van der Waals surface area contributed by atoms with E-state index in [0.29, 0.717) is 40.7 Å². The molecule has 7 nitrogen and oxygen atoms in total. The van der Waals surface area contributed by atoms with Crippen LogP contribution in [0.3, 0.4) is 0 Å². The second kappa shape index (κ2) is 9.75. The van der Waals surface area contributed by atoms with Crippen molar-refractivity contribution in [2.45, 2.75) is 32.1 Å². The number of aliphatic carboxylic acids is 1. The van der Waals surface area contributed by atoms with Gasteiger partial charge in [0.2, 0.25) is 0 Å². The van der Waals surface area contributed by atoms with E-state index < -0.39 is 17.5 Å². The molecule has 1 saturated carbocycles. The number of para-hydroxylation sites is 1. The lowest BCUT2D eigenvalue weighted by atomic mass is 9.93. The zero-order valence-electron chi connectivity index (χ0n) is 20.4. The van der Waals surface area contributed by atoms with E-state index >= 15 is 0 Å². The van der Waals surface area contributed by atoms with Crippen molar-refractivity contribution in [2.75, 3.05) is 11.5 Å². The Kier molecular flexibility index (Phi) is 6.48. The summed E-state index contributed by atoms with van der Waals surface area (Å²) in [7, 11) is 0. The number of hydrogen-bond donors (Lipinski definition) is 1. The standard InChI is InChI=1S/C29H25ClN2O5/c1-3-36-28(35)32(24-7-5-4-6-23(24)30)26-18(2)37-31-25(26)21-10-8-19(9-11-21)20-12-14-22(15-13-20)29(16-17-29)27(33)34/h4-15H,3,16-17H2,1-2H3,(H,33,34). The summed E-state index contributed by atoms with van der Waals surface area (Å²) in [6, 6.07) is 22.4. The van der Waals surface area contributed by atoms with Gasteiger partial charge in [-0.25, -0.2) is 9.69 Å². The second-order valence-corrected chi connectivity index (χ2v) is 9.37. The summed E-state index contributed by atoms with van der Waals surface area (Å²) in [6.45, 7) is 3.66. The van der Waals surface area contributed by atoms with E-state index in [1.807, 2.05) is 48.5 Å². The molecule has 0 atom stereocenters. The fourth-order valence-electron chi connectivity index (χ4n) is 4.50. The molecule has 1 N–H and O–H groups in total. The number of rotatable bonds is 7. The number of ether oxygens (including phenoxy) is 1. The molecule has 0 spiro atoms. The van der Waals surface area contributed by atoms with Gasteiger partial charge in [0.05, 0.1) is 22.7 Å². The number of aromatic nitrogens is 1.